The van der Waals surface area contributed by atoms with E-state index in [1.54, 1.807) is 19.2 Å². The highest BCUT2D eigenvalue weighted by atomic mass is 16.5. The molecule has 0 fully saturated rings. The number of hydrogen-bond donors (Lipinski definition) is 1. The Balaban J connectivity index is 1.74. The maximum Gasteiger partial charge on any atom is 0.261 e. The van der Waals surface area contributed by atoms with Crippen LogP contribution in [0.5, 0.6) is 11.5 Å². The van der Waals surface area contributed by atoms with Crippen LogP contribution < -0.4 is 14.8 Å². The van der Waals surface area contributed by atoms with Crippen LogP contribution in [0.2, 0.25) is 0 Å². The lowest BCUT2D eigenvalue weighted by Crippen LogP contribution is -2.39. The second kappa shape index (κ2) is 10.4. The average molecular weight is 343 g/mol. The number of carbonyl (C=O) groups excluding carboxylic acids is 1. The summed E-state index contributed by atoms with van der Waals surface area (Å²) in [6, 6.07) is 17.2. The highest BCUT2D eigenvalue weighted by Crippen LogP contribution is 2.27. The molecular formula is C20H25NO4. The van der Waals surface area contributed by atoms with Gasteiger partial charge >= 0.3 is 0 Å². The van der Waals surface area contributed by atoms with Gasteiger partial charge in [-0.1, -0.05) is 49.4 Å². The number of methoxy groups -OCH3 is 1. The molecule has 0 spiro atoms. The van der Waals surface area contributed by atoms with Crippen LogP contribution in [0.25, 0.3) is 0 Å². The van der Waals surface area contributed by atoms with Crippen LogP contribution >= 0.6 is 0 Å². The standard InChI is InChI=1S/C20H25NO4/c1-3-17(25-19-12-8-7-11-18(19)23-2)20(22)21-13-14-24-15-16-9-5-4-6-10-16/h4-12,17H,3,13-15H2,1-2H3,(H,21,22)/t17-/m0/s1. The molecule has 25 heavy (non-hydrogen) atoms. The van der Waals surface area contributed by atoms with E-state index in [1.807, 2.05) is 49.4 Å². The summed E-state index contributed by atoms with van der Waals surface area (Å²) in [5.41, 5.74) is 1.11. The first-order valence-electron chi connectivity index (χ1n) is 8.43. The third-order valence-corrected chi connectivity index (χ3v) is 3.66. The van der Waals surface area contributed by atoms with Crippen LogP contribution in [0.4, 0.5) is 0 Å². The van der Waals surface area contributed by atoms with Crippen molar-refractivity contribution >= 4 is 5.91 Å². The highest BCUT2D eigenvalue weighted by Gasteiger charge is 2.19. The van der Waals surface area contributed by atoms with E-state index in [2.05, 4.69) is 5.32 Å². The van der Waals surface area contributed by atoms with Gasteiger partial charge in [0.25, 0.3) is 5.91 Å². The molecule has 0 aromatic heterocycles. The lowest BCUT2D eigenvalue weighted by molar-refractivity contribution is -0.128. The Morgan fingerprint density at radius 1 is 1.04 bits per heavy atom. The fraction of sp³-hybridized carbons (Fsp3) is 0.350. The number of amides is 1. The molecule has 1 amide bonds. The third kappa shape index (κ3) is 6.12. The lowest BCUT2D eigenvalue weighted by Gasteiger charge is -2.18. The van der Waals surface area contributed by atoms with Crippen molar-refractivity contribution in [3.63, 3.8) is 0 Å². The highest BCUT2D eigenvalue weighted by molar-refractivity contribution is 5.81. The summed E-state index contributed by atoms with van der Waals surface area (Å²) < 4.78 is 16.6. The summed E-state index contributed by atoms with van der Waals surface area (Å²) in [4.78, 5) is 12.3. The van der Waals surface area contributed by atoms with E-state index < -0.39 is 6.10 Å². The number of benzene rings is 2. The Bertz CT molecular complexity index is 645. The topological polar surface area (TPSA) is 56.8 Å². The van der Waals surface area contributed by atoms with Gasteiger partial charge in [-0.25, -0.2) is 0 Å². The number of carbonyl (C=O) groups is 1. The molecular weight excluding hydrogens is 318 g/mol. The largest absolute Gasteiger partial charge is 0.493 e. The molecule has 2 aromatic rings. The number of hydrogen-bond acceptors (Lipinski definition) is 4. The number of nitrogens with one attached hydrogen (secondary N) is 1. The predicted octanol–water partition coefficient (Wildman–Crippen LogP) is 3.19. The van der Waals surface area contributed by atoms with Crippen LogP contribution in [0.1, 0.15) is 18.9 Å². The van der Waals surface area contributed by atoms with Crippen LogP contribution in [0.15, 0.2) is 54.6 Å². The monoisotopic (exact) mass is 343 g/mol. The normalized spacial score (nSPS) is 11.6. The van der Waals surface area contributed by atoms with Crippen molar-refractivity contribution < 1.29 is 19.0 Å². The van der Waals surface area contributed by atoms with Gasteiger partial charge in [0.1, 0.15) is 0 Å². The molecule has 0 heterocycles. The second-order valence-electron chi connectivity index (χ2n) is 5.49. The van der Waals surface area contributed by atoms with E-state index in [0.717, 1.165) is 5.56 Å². The van der Waals surface area contributed by atoms with Crippen LogP contribution in [0.3, 0.4) is 0 Å². The van der Waals surface area contributed by atoms with E-state index >= 15 is 0 Å². The van der Waals surface area contributed by atoms with Gasteiger partial charge < -0.3 is 19.5 Å². The SMILES string of the molecule is CC[C@H](Oc1ccccc1OC)C(=O)NCCOCc1ccccc1. The summed E-state index contributed by atoms with van der Waals surface area (Å²) in [5, 5.41) is 2.85. The first-order valence-corrected chi connectivity index (χ1v) is 8.43. The number of para-hydroxylation sites is 2. The minimum atomic E-state index is -0.564. The van der Waals surface area contributed by atoms with Crippen molar-refractivity contribution in [1.29, 1.82) is 0 Å². The van der Waals surface area contributed by atoms with Gasteiger partial charge in [-0.2, -0.15) is 0 Å². The Labute approximate surface area is 148 Å². The zero-order chi connectivity index (χ0) is 17.9. The van der Waals surface area contributed by atoms with E-state index in [1.165, 1.54) is 0 Å². The van der Waals surface area contributed by atoms with Crippen molar-refractivity contribution in [3.8, 4) is 11.5 Å². The smallest absolute Gasteiger partial charge is 0.261 e. The fourth-order valence-corrected chi connectivity index (χ4v) is 2.32. The van der Waals surface area contributed by atoms with E-state index in [9.17, 15) is 4.79 Å². The third-order valence-electron chi connectivity index (χ3n) is 3.66. The molecule has 1 N–H and O–H groups in total. The summed E-state index contributed by atoms with van der Waals surface area (Å²) in [6.45, 7) is 3.33. The minimum absolute atomic E-state index is 0.156. The van der Waals surface area contributed by atoms with Gasteiger partial charge in [-0.05, 0) is 24.1 Å². The molecule has 0 bridgehead atoms. The molecule has 1 atom stereocenters. The van der Waals surface area contributed by atoms with Gasteiger partial charge in [0, 0.05) is 6.54 Å². The molecule has 0 radical (unpaired) electrons. The zero-order valence-electron chi connectivity index (χ0n) is 14.7. The Morgan fingerprint density at radius 2 is 1.72 bits per heavy atom. The van der Waals surface area contributed by atoms with Crippen molar-refractivity contribution in [1.82, 2.24) is 5.32 Å². The summed E-state index contributed by atoms with van der Waals surface area (Å²) in [5.74, 6) is 1.02. The van der Waals surface area contributed by atoms with E-state index in [0.29, 0.717) is 37.7 Å². The zero-order valence-corrected chi connectivity index (χ0v) is 14.7. The first-order chi connectivity index (χ1) is 12.2. The Morgan fingerprint density at radius 3 is 2.40 bits per heavy atom. The molecule has 2 aromatic carbocycles. The maximum absolute atomic E-state index is 12.3. The maximum atomic E-state index is 12.3. The van der Waals surface area contributed by atoms with Gasteiger partial charge in [0.15, 0.2) is 17.6 Å². The molecule has 0 aliphatic rings. The van der Waals surface area contributed by atoms with Crippen LogP contribution in [-0.2, 0) is 16.1 Å². The molecule has 2 rings (SSSR count). The molecule has 0 unspecified atom stereocenters. The molecule has 134 valence electrons. The molecule has 0 saturated carbocycles. The summed E-state index contributed by atoms with van der Waals surface area (Å²) >= 11 is 0. The second-order valence-corrected chi connectivity index (χ2v) is 5.49. The quantitative estimate of drug-likeness (QED) is 0.673. The average Bonchev–Trinajstić information content (AvgIpc) is 2.66. The molecule has 0 aliphatic carbocycles. The van der Waals surface area contributed by atoms with Crippen LogP contribution in [0, 0.1) is 0 Å². The number of rotatable bonds is 10. The van der Waals surface area contributed by atoms with Crippen molar-refractivity contribution in [2.75, 3.05) is 20.3 Å². The summed E-state index contributed by atoms with van der Waals surface area (Å²) in [7, 11) is 1.58. The molecule has 5 heteroatoms. The van der Waals surface area contributed by atoms with E-state index in [-0.39, 0.29) is 5.91 Å². The lowest BCUT2D eigenvalue weighted by atomic mass is 10.2. The van der Waals surface area contributed by atoms with Gasteiger partial charge in [0.05, 0.1) is 20.3 Å². The fourth-order valence-electron chi connectivity index (χ4n) is 2.32. The molecule has 0 saturated heterocycles. The Hall–Kier alpha value is -2.53. The van der Waals surface area contributed by atoms with Gasteiger partial charge in [-0.15, -0.1) is 0 Å². The molecule has 0 aliphatic heterocycles. The van der Waals surface area contributed by atoms with Crippen LogP contribution in [-0.4, -0.2) is 32.3 Å². The Kier molecular flexibility index (Phi) is 7.79. The predicted molar refractivity (Wildman–Crippen MR) is 96.8 cm³/mol. The van der Waals surface area contributed by atoms with E-state index in [4.69, 9.17) is 14.2 Å². The number of ether oxygens (including phenoxy) is 3. The van der Waals surface area contributed by atoms with Crippen molar-refractivity contribution in [3.05, 3.63) is 60.2 Å². The van der Waals surface area contributed by atoms with Gasteiger partial charge in [0.2, 0.25) is 0 Å². The molecule has 5 nitrogen and oxygen atoms in total. The first kappa shape index (κ1) is 18.8. The van der Waals surface area contributed by atoms with Crippen molar-refractivity contribution in [2.45, 2.75) is 26.1 Å². The summed E-state index contributed by atoms with van der Waals surface area (Å²) in [6.07, 6.45) is -0.000182. The van der Waals surface area contributed by atoms with Crippen molar-refractivity contribution in [2.24, 2.45) is 0 Å². The van der Waals surface area contributed by atoms with Gasteiger partial charge in [-0.3, -0.25) is 4.79 Å². The minimum Gasteiger partial charge on any atom is -0.493 e.